The lowest BCUT2D eigenvalue weighted by molar-refractivity contribution is -0.121. The Hall–Kier alpha value is -1.39. The molecule has 1 amide bonds. The molecule has 19 heavy (non-hydrogen) atoms. The van der Waals surface area contributed by atoms with Crippen LogP contribution in [-0.4, -0.2) is 18.0 Å². The van der Waals surface area contributed by atoms with Crippen molar-refractivity contribution in [2.75, 3.05) is 11.9 Å². The lowest BCUT2D eigenvalue weighted by Gasteiger charge is -2.22. The fourth-order valence-electron chi connectivity index (χ4n) is 2.52. The second-order valence-corrected chi connectivity index (χ2v) is 5.30. The second-order valence-electron chi connectivity index (χ2n) is 5.30. The molecule has 1 saturated carbocycles. The number of hydrogen-bond donors (Lipinski definition) is 3. The molecule has 1 aliphatic rings. The van der Waals surface area contributed by atoms with Gasteiger partial charge in [0.1, 0.15) is 0 Å². The molecule has 4 N–H and O–H groups in total. The molecule has 1 fully saturated rings. The molecule has 104 valence electrons. The van der Waals surface area contributed by atoms with Gasteiger partial charge in [0.2, 0.25) is 5.91 Å². The third-order valence-electron chi connectivity index (χ3n) is 3.71. The molecule has 0 atom stereocenters. The molecule has 0 radical (unpaired) electrons. The first-order valence-corrected chi connectivity index (χ1v) is 7.04. The zero-order chi connectivity index (χ0) is 13.7. The molecule has 0 aliphatic heterocycles. The topological polar surface area (TPSA) is 67.1 Å². The third kappa shape index (κ3) is 3.55. The van der Waals surface area contributed by atoms with Gasteiger partial charge in [0.25, 0.3) is 0 Å². The van der Waals surface area contributed by atoms with Crippen LogP contribution in [0.2, 0.25) is 0 Å². The molecular formula is C15H23N3O. The number of anilines is 1. The van der Waals surface area contributed by atoms with Crippen molar-refractivity contribution in [2.24, 2.45) is 5.73 Å². The zero-order valence-corrected chi connectivity index (χ0v) is 11.5. The summed E-state index contributed by atoms with van der Waals surface area (Å²) in [5.41, 5.74) is 7.47. The summed E-state index contributed by atoms with van der Waals surface area (Å²) in [6.07, 6.45) is 3.67. The molecule has 4 nitrogen and oxygen atoms in total. The van der Waals surface area contributed by atoms with Gasteiger partial charge in [-0.2, -0.15) is 0 Å². The van der Waals surface area contributed by atoms with Crippen molar-refractivity contribution in [2.45, 2.75) is 44.7 Å². The Bertz CT molecular complexity index is 439. The van der Waals surface area contributed by atoms with Crippen LogP contribution in [0.25, 0.3) is 0 Å². The van der Waals surface area contributed by atoms with E-state index in [4.69, 9.17) is 5.73 Å². The summed E-state index contributed by atoms with van der Waals surface area (Å²) in [7, 11) is 0. The van der Waals surface area contributed by atoms with Crippen LogP contribution in [0.3, 0.4) is 0 Å². The SMILES string of the molecule is CCNCc1cccc(NC(=O)C2(N)CCCC2)c1. The maximum absolute atomic E-state index is 12.2. The minimum absolute atomic E-state index is 0.0504. The van der Waals surface area contributed by atoms with Crippen LogP contribution >= 0.6 is 0 Å². The van der Waals surface area contributed by atoms with Crippen LogP contribution in [0.15, 0.2) is 24.3 Å². The fraction of sp³-hybridized carbons (Fsp3) is 0.533. The predicted molar refractivity (Wildman–Crippen MR) is 77.8 cm³/mol. The first-order chi connectivity index (χ1) is 9.14. The number of nitrogens with one attached hydrogen (secondary N) is 2. The van der Waals surface area contributed by atoms with Gasteiger partial charge in [0.15, 0.2) is 0 Å². The molecule has 4 heteroatoms. The summed E-state index contributed by atoms with van der Waals surface area (Å²) in [6.45, 7) is 3.82. The van der Waals surface area contributed by atoms with E-state index >= 15 is 0 Å². The van der Waals surface area contributed by atoms with Gasteiger partial charge in [-0.25, -0.2) is 0 Å². The largest absolute Gasteiger partial charge is 0.324 e. The van der Waals surface area contributed by atoms with Crippen molar-refractivity contribution in [3.63, 3.8) is 0 Å². The van der Waals surface area contributed by atoms with Gasteiger partial charge in [-0.15, -0.1) is 0 Å². The normalized spacial score (nSPS) is 17.4. The lowest BCUT2D eigenvalue weighted by atomic mass is 9.98. The molecule has 1 aromatic rings. The molecule has 0 bridgehead atoms. The van der Waals surface area contributed by atoms with E-state index in [0.717, 1.165) is 50.0 Å². The monoisotopic (exact) mass is 261 g/mol. The standard InChI is InChI=1S/C15H23N3O/c1-2-17-11-12-6-5-7-13(10-12)18-14(19)15(16)8-3-4-9-15/h5-7,10,17H,2-4,8-9,11,16H2,1H3,(H,18,19). The minimum Gasteiger partial charge on any atom is -0.324 e. The maximum atomic E-state index is 12.2. The Morgan fingerprint density at radius 1 is 1.37 bits per heavy atom. The smallest absolute Gasteiger partial charge is 0.244 e. The predicted octanol–water partition coefficient (Wildman–Crippen LogP) is 2.01. The summed E-state index contributed by atoms with van der Waals surface area (Å²) in [6, 6.07) is 7.91. The van der Waals surface area contributed by atoms with Crippen LogP contribution in [-0.2, 0) is 11.3 Å². The first-order valence-electron chi connectivity index (χ1n) is 7.04. The molecule has 2 rings (SSSR count). The number of nitrogens with two attached hydrogens (primary N) is 1. The van der Waals surface area contributed by atoms with Gasteiger partial charge >= 0.3 is 0 Å². The van der Waals surface area contributed by atoms with Crippen molar-refractivity contribution >= 4 is 11.6 Å². The Morgan fingerprint density at radius 3 is 2.79 bits per heavy atom. The molecule has 0 heterocycles. The summed E-state index contributed by atoms with van der Waals surface area (Å²) < 4.78 is 0. The highest BCUT2D eigenvalue weighted by molar-refractivity contribution is 5.98. The van der Waals surface area contributed by atoms with Gasteiger partial charge in [-0.3, -0.25) is 4.79 Å². The van der Waals surface area contributed by atoms with Gasteiger partial charge in [-0.05, 0) is 37.1 Å². The van der Waals surface area contributed by atoms with Gasteiger partial charge in [0, 0.05) is 12.2 Å². The van der Waals surface area contributed by atoms with Crippen molar-refractivity contribution in [1.82, 2.24) is 5.32 Å². The zero-order valence-electron chi connectivity index (χ0n) is 11.5. The van der Waals surface area contributed by atoms with Crippen molar-refractivity contribution in [1.29, 1.82) is 0 Å². The maximum Gasteiger partial charge on any atom is 0.244 e. The molecule has 1 aliphatic carbocycles. The third-order valence-corrected chi connectivity index (χ3v) is 3.71. The summed E-state index contributed by atoms with van der Waals surface area (Å²) in [5.74, 6) is -0.0504. The van der Waals surface area contributed by atoms with Gasteiger partial charge in [-0.1, -0.05) is 31.9 Å². The van der Waals surface area contributed by atoms with Gasteiger partial charge < -0.3 is 16.4 Å². The van der Waals surface area contributed by atoms with Gasteiger partial charge in [0.05, 0.1) is 5.54 Å². The molecule has 1 aromatic carbocycles. The Morgan fingerprint density at radius 2 is 2.11 bits per heavy atom. The molecule has 0 saturated heterocycles. The Kier molecular flexibility index (Phi) is 4.56. The van der Waals surface area contributed by atoms with Crippen LogP contribution < -0.4 is 16.4 Å². The van der Waals surface area contributed by atoms with E-state index in [1.807, 2.05) is 24.3 Å². The van der Waals surface area contributed by atoms with E-state index in [1.165, 1.54) is 0 Å². The number of carbonyl (C=O) groups is 1. The van der Waals surface area contributed by atoms with Crippen LogP contribution in [0.5, 0.6) is 0 Å². The van der Waals surface area contributed by atoms with Crippen molar-refractivity contribution in [3.8, 4) is 0 Å². The molecule has 0 spiro atoms. The van der Waals surface area contributed by atoms with Crippen molar-refractivity contribution in [3.05, 3.63) is 29.8 Å². The van der Waals surface area contributed by atoms with Crippen molar-refractivity contribution < 1.29 is 4.79 Å². The van der Waals surface area contributed by atoms with Crippen LogP contribution in [0.1, 0.15) is 38.2 Å². The quantitative estimate of drug-likeness (QED) is 0.759. The molecular weight excluding hydrogens is 238 g/mol. The number of amides is 1. The summed E-state index contributed by atoms with van der Waals surface area (Å²) >= 11 is 0. The van der Waals surface area contributed by atoms with E-state index in [2.05, 4.69) is 17.6 Å². The summed E-state index contributed by atoms with van der Waals surface area (Å²) in [5, 5.41) is 6.22. The first kappa shape index (κ1) is 14.0. The average molecular weight is 261 g/mol. The Balaban J connectivity index is 2.00. The molecule has 0 aromatic heterocycles. The lowest BCUT2D eigenvalue weighted by Crippen LogP contribution is -2.48. The van der Waals surface area contributed by atoms with E-state index in [-0.39, 0.29) is 5.91 Å². The highest BCUT2D eigenvalue weighted by atomic mass is 16.2. The number of carbonyl (C=O) groups excluding carboxylic acids is 1. The van der Waals surface area contributed by atoms with E-state index in [0.29, 0.717) is 0 Å². The summed E-state index contributed by atoms with van der Waals surface area (Å²) in [4.78, 5) is 12.2. The van der Waals surface area contributed by atoms with E-state index in [9.17, 15) is 4.79 Å². The second kappa shape index (κ2) is 6.17. The van der Waals surface area contributed by atoms with Crippen LogP contribution in [0, 0.1) is 0 Å². The molecule has 0 unspecified atom stereocenters. The average Bonchev–Trinajstić information content (AvgIpc) is 2.85. The Labute approximate surface area is 114 Å². The number of benzene rings is 1. The van der Waals surface area contributed by atoms with E-state index in [1.54, 1.807) is 0 Å². The van der Waals surface area contributed by atoms with E-state index < -0.39 is 5.54 Å². The number of hydrogen-bond acceptors (Lipinski definition) is 3. The highest BCUT2D eigenvalue weighted by Gasteiger charge is 2.36. The minimum atomic E-state index is -0.669. The number of rotatable bonds is 5. The highest BCUT2D eigenvalue weighted by Crippen LogP contribution is 2.28. The fourth-order valence-corrected chi connectivity index (χ4v) is 2.52. The van der Waals surface area contributed by atoms with Crippen LogP contribution in [0.4, 0.5) is 5.69 Å².